The molecular formula is C13H17F3N2O. The van der Waals surface area contributed by atoms with Gasteiger partial charge in [0.1, 0.15) is 0 Å². The zero-order valence-corrected chi connectivity index (χ0v) is 10.4. The molecule has 1 aromatic rings. The van der Waals surface area contributed by atoms with Crippen LogP contribution in [0.1, 0.15) is 31.2 Å². The molecule has 0 aliphatic heterocycles. The van der Waals surface area contributed by atoms with E-state index < -0.39 is 17.3 Å². The average molecular weight is 274 g/mol. The molecule has 0 heterocycles. The van der Waals surface area contributed by atoms with Gasteiger partial charge in [-0.1, -0.05) is 12.8 Å². The third kappa shape index (κ3) is 2.94. The first-order valence-corrected chi connectivity index (χ1v) is 6.22. The van der Waals surface area contributed by atoms with Crippen LogP contribution in [-0.4, -0.2) is 17.3 Å². The topological polar surface area (TPSA) is 58.3 Å². The smallest absolute Gasteiger partial charge is 0.397 e. The Kier molecular flexibility index (Phi) is 3.62. The van der Waals surface area contributed by atoms with Gasteiger partial charge < -0.3 is 16.2 Å². The average Bonchev–Trinajstić information content (AvgIpc) is 2.80. The van der Waals surface area contributed by atoms with E-state index in [0.29, 0.717) is 5.69 Å². The number of halogens is 3. The molecule has 4 N–H and O–H groups in total. The van der Waals surface area contributed by atoms with Gasteiger partial charge in [-0.05, 0) is 31.0 Å². The van der Waals surface area contributed by atoms with Crippen LogP contribution in [0.4, 0.5) is 24.5 Å². The Hall–Kier alpha value is -1.43. The van der Waals surface area contributed by atoms with Crippen molar-refractivity contribution >= 4 is 11.4 Å². The Morgan fingerprint density at radius 1 is 1.26 bits per heavy atom. The van der Waals surface area contributed by atoms with E-state index in [1.165, 1.54) is 6.07 Å². The molecule has 3 nitrogen and oxygen atoms in total. The molecule has 0 unspecified atom stereocenters. The van der Waals surface area contributed by atoms with Gasteiger partial charge in [0, 0.05) is 0 Å². The van der Waals surface area contributed by atoms with Crippen molar-refractivity contribution < 1.29 is 18.3 Å². The molecule has 0 radical (unpaired) electrons. The molecule has 1 fully saturated rings. The number of hydrogen-bond donors (Lipinski definition) is 3. The van der Waals surface area contributed by atoms with E-state index >= 15 is 0 Å². The highest BCUT2D eigenvalue weighted by Crippen LogP contribution is 2.37. The van der Waals surface area contributed by atoms with Gasteiger partial charge in [0.25, 0.3) is 0 Å². The Morgan fingerprint density at radius 2 is 1.89 bits per heavy atom. The van der Waals surface area contributed by atoms with E-state index in [0.717, 1.165) is 37.8 Å². The minimum absolute atomic E-state index is 0.0482. The third-order valence-corrected chi connectivity index (χ3v) is 3.64. The largest absolute Gasteiger partial charge is 0.416 e. The van der Waals surface area contributed by atoms with Crippen molar-refractivity contribution in [1.29, 1.82) is 0 Å². The van der Waals surface area contributed by atoms with Gasteiger partial charge in [0.05, 0.1) is 29.1 Å². The van der Waals surface area contributed by atoms with Gasteiger partial charge >= 0.3 is 6.18 Å². The van der Waals surface area contributed by atoms with Crippen LogP contribution in [0.15, 0.2) is 18.2 Å². The number of aliphatic hydroxyl groups excluding tert-OH is 1. The van der Waals surface area contributed by atoms with Crippen molar-refractivity contribution in [2.45, 2.75) is 37.4 Å². The van der Waals surface area contributed by atoms with Crippen LogP contribution in [-0.2, 0) is 6.18 Å². The summed E-state index contributed by atoms with van der Waals surface area (Å²) >= 11 is 0. The predicted molar refractivity (Wildman–Crippen MR) is 67.8 cm³/mol. The first-order chi connectivity index (χ1) is 8.86. The molecule has 0 saturated heterocycles. The van der Waals surface area contributed by atoms with Gasteiger partial charge in [-0.3, -0.25) is 0 Å². The highest BCUT2D eigenvalue weighted by Gasteiger charge is 2.34. The number of nitrogen functional groups attached to an aromatic ring is 1. The van der Waals surface area contributed by atoms with Crippen LogP contribution >= 0.6 is 0 Å². The second-order valence-corrected chi connectivity index (χ2v) is 5.07. The fourth-order valence-corrected chi connectivity index (χ4v) is 2.51. The maximum Gasteiger partial charge on any atom is 0.416 e. The van der Waals surface area contributed by atoms with Crippen LogP contribution in [0.2, 0.25) is 0 Å². The summed E-state index contributed by atoms with van der Waals surface area (Å²) in [4.78, 5) is 0. The monoisotopic (exact) mass is 274 g/mol. The van der Waals surface area contributed by atoms with Crippen molar-refractivity contribution in [3.05, 3.63) is 23.8 Å². The molecule has 1 aliphatic rings. The quantitative estimate of drug-likeness (QED) is 0.743. The fraction of sp³-hybridized carbons (Fsp3) is 0.538. The van der Waals surface area contributed by atoms with Gasteiger partial charge in [-0.2, -0.15) is 13.2 Å². The third-order valence-electron chi connectivity index (χ3n) is 3.64. The SMILES string of the molecule is Nc1cc(C(F)(F)F)ccc1NC1(CO)CCCC1. The Bertz CT molecular complexity index is 454. The molecule has 106 valence electrons. The second kappa shape index (κ2) is 4.92. The lowest BCUT2D eigenvalue weighted by molar-refractivity contribution is -0.137. The van der Waals surface area contributed by atoms with Crippen LogP contribution in [0.5, 0.6) is 0 Å². The molecule has 19 heavy (non-hydrogen) atoms. The maximum atomic E-state index is 12.5. The molecular weight excluding hydrogens is 257 g/mol. The lowest BCUT2D eigenvalue weighted by atomic mass is 9.98. The number of aliphatic hydroxyl groups is 1. The van der Waals surface area contributed by atoms with E-state index in [-0.39, 0.29) is 12.3 Å². The van der Waals surface area contributed by atoms with Crippen LogP contribution in [0.3, 0.4) is 0 Å². The summed E-state index contributed by atoms with van der Waals surface area (Å²) in [5.41, 5.74) is 4.95. The summed E-state index contributed by atoms with van der Waals surface area (Å²) in [5.74, 6) is 0. The summed E-state index contributed by atoms with van der Waals surface area (Å²) in [6.45, 7) is -0.0482. The van der Waals surface area contributed by atoms with E-state index in [1.807, 2.05) is 0 Å². The van der Waals surface area contributed by atoms with Crippen molar-refractivity contribution in [2.75, 3.05) is 17.7 Å². The number of alkyl halides is 3. The fourth-order valence-electron chi connectivity index (χ4n) is 2.51. The van der Waals surface area contributed by atoms with Crippen molar-refractivity contribution in [3.63, 3.8) is 0 Å². The molecule has 2 rings (SSSR count). The van der Waals surface area contributed by atoms with Gasteiger partial charge in [0.2, 0.25) is 0 Å². The van der Waals surface area contributed by atoms with Crippen LogP contribution < -0.4 is 11.1 Å². The van der Waals surface area contributed by atoms with Crippen molar-refractivity contribution in [2.24, 2.45) is 0 Å². The number of rotatable bonds is 3. The summed E-state index contributed by atoms with van der Waals surface area (Å²) in [6.07, 6.45) is -0.815. The minimum Gasteiger partial charge on any atom is -0.397 e. The molecule has 0 aromatic heterocycles. The number of hydrogen-bond acceptors (Lipinski definition) is 3. The number of benzene rings is 1. The molecule has 0 spiro atoms. The lowest BCUT2D eigenvalue weighted by Crippen LogP contribution is -2.39. The summed E-state index contributed by atoms with van der Waals surface area (Å²) < 4.78 is 37.6. The van der Waals surface area contributed by atoms with E-state index in [1.54, 1.807) is 0 Å². The minimum atomic E-state index is -4.39. The van der Waals surface area contributed by atoms with Gasteiger partial charge in [-0.15, -0.1) is 0 Å². The van der Waals surface area contributed by atoms with E-state index in [4.69, 9.17) is 5.73 Å². The molecule has 0 amide bonds. The van der Waals surface area contributed by atoms with E-state index in [2.05, 4.69) is 5.32 Å². The predicted octanol–water partition coefficient (Wildman–Crippen LogP) is 3.00. The zero-order chi connectivity index (χ0) is 14.1. The highest BCUT2D eigenvalue weighted by atomic mass is 19.4. The van der Waals surface area contributed by atoms with E-state index in [9.17, 15) is 18.3 Å². The Labute approximate surface area is 109 Å². The second-order valence-electron chi connectivity index (χ2n) is 5.07. The molecule has 1 saturated carbocycles. The molecule has 0 atom stereocenters. The van der Waals surface area contributed by atoms with Crippen molar-refractivity contribution in [1.82, 2.24) is 0 Å². The molecule has 0 bridgehead atoms. The normalized spacial score (nSPS) is 18.5. The molecule has 1 aromatic carbocycles. The standard InChI is InChI=1S/C13H17F3N2O/c14-13(15,16)9-3-4-11(10(17)7-9)18-12(8-19)5-1-2-6-12/h3-4,7,18-19H,1-2,5-6,8,17H2. The number of anilines is 2. The highest BCUT2D eigenvalue weighted by molar-refractivity contribution is 5.68. The lowest BCUT2D eigenvalue weighted by Gasteiger charge is -2.30. The van der Waals surface area contributed by atoms with Crippen LogP contribution in [0, 0.1) is 0 Å². The molecule has 6 heteroatoms. The first-order valence-electron chi connectivity index (χ1n) is 6.22. The summed E-state index contributed by atoms with van der Waals surface area (Å²) in [6, 6.07) is 3.25. The maximum absolute atomic E-state index is 12.5. The van der Waals surface area contributed by atoms with Gasteiger partial charge in [0.15, 0.2) is 0 Å². The number of nitrogens with one attached hydrogen (secondary N) is 1. The van der Waals surface area contributed by atoms with Gasteiger partial charge in [-0.25, -0.2) is 0 Å². The summed E-state index contributed by atoms with van der Waals surface area (Å²) in [5, 5.41) is 12.6. The van der Waals surface area contributed by atoms with Crippen LogP contribution in [0.25, 0.3) is 0 Å². The summed E-state index contributed by atoms with van der Waals surface area (Å²) in [7, 11) is 0. The number of nitrogens with two attached hydrogens (primary N) is 1. The Morgan fingerprint density at radius 3 is 2.37 bits per heavy atom. The first kappa shape index (κ1) is 14.0. The Balaban J connectivity index is 2.22. The van der Waals surface area contributed by atoms with Crippen molar-refractivity contribution in [3.8, 4) is 0 Å². The molecule has 1 aliphatic carbocycles. The zero-order valence-electron chi connectivity index (χ0n) is 10.4.